The van der Waals surface area contributed by atoms with Crippen LogP contribution in [0.15, 0.2) is 0 Å². The summed E-state index contributed by atoms with van der Waals surface area (Å²) < 4.78 is 0. The number of hydrogen-bond acceptors (Lipinski definition) is 3. The molecule has 96 valence electrons. The van der Waals surface area contributed by atoms with Gasteiger partial charge in [-0.3, -0.25) is 19.8 Å². The van der Waals surface area contributed by atoms with Crippen LogP contribution in [0.4, 0.5) is 4.79 Å². The lowest BCUT2D eigenvalue weighted by Crippen LogP contribution is -2.58. The van der Waals surface area contributed by atoms with Gasteiger partial charge in [0.25, 0.3) is 0 Å². The van der Waals surface area contributed by atoms with Crippen LogP contribution in [0.5, 0.6) is 0 Å². The van der Waals surface area contributed by atoms with Crippen LogP contribution >= 0.6 is 0 Å². The molecule has 17 heavy (non-hydrogen) atoms. The lowest BCUT2D eigenvalue weighted by molar-refractivity contribution is -0.142. The van der Waals surface area contributed by atoms with E-state index in [1.54, 1.807) is 0 Å². The summed E-state index contributed by atoms with van der Waals surface area (Å²) in [5, 5.41) is 2.25. The van der Waals surface area contributed by atoms with Gasteiger partial charge in [-0.2, -0.15) is 0 Å². The van der Waals surface area contributed by atoms with Crippen LogP contribution in [0.1, 0.15) is 46.0 Å². The van der Waals surface area contributed by atoms with Gasteiger partial charge in [-0.05, 0) is 12.8 Å². The first-order chi connectivity index (χ1) is 8.11. The number of amides is 4. The molecule has 1 rings (SSSR count). The third-order valence-electron chi connectivity index (χ3n) is 2.94. The minimum atomic E-state index is -0.676. The average molecular weight is 240 g/mol. The Hall–Kier alpha value is -1.39. The average Bonchev–Trinajstić information content (AvgIpc) is 2.28. The van der Waals surface area contributed by atoms with Crippen molar-refractivity contribution in [2.45, 2.75) is 46.0 Å². The normalized spacial score (nSPS) is 20.7. The molecule has 0 radical (unpaired) electrons. The number of unbranched alkanes of at least 4 members (excludes halogenated alkanes) is 2. The second-order valence-corrected chi connectivity index (χ2v) is 4.33. The smallest absolute Gasteiger partial charge is 0.277 e. The summed E-state index contributed by atoms with van der Waals surface area (Å²) in [4.78, 5) is 36.2. The van der Waals surface area contributed by atoms with Crippen molar-refractivity contribution in [1.29, 1.82) is 0 Å². The molecule has 4 amide bonds. The molecule has 1 unspecified atom stereocenters. The molecule has 5 nitrogen and oxygen atoms in total. The zero-order valence-corrected chi connectivity index (χ0v) is 10.5. The molecule has 1 atom stereocenters. The lowest BCUT2D eigenvalue weighted by Gasteiger charge is -2.30. The van der Waals surface area contributed by atoms with Crippen LogP contribution in [0.3, 0.4) is 0 Å². The highest BCUT2D eigenvalue weighted by Gasteiger charge is 2.39. The molecule has 0 bridgehead atoms. The zero-order chi connectivity index (χ0) is 12.8. The molecule has 0 aromatic carbocycles. The predicted molar refractivity (Wildman–Crippen MR) is 63.2 cm³/mol. The van der Waals surface area contributed by atoms with Gasteiger partial charge in [-0.1, -0.05) is 33.1 Å². The van der Waals surface area contributed by atoms with E-state index < -0.39 is 17.9 Å². The Bertz CT molecular complexity index is 287. The Morgan fingerprint density at radius 2 is 1.76 bits per heavy atom. The fourth-order valence-corrected chi connectivity index (χ4v) is 1.85. The summed E-state index contributed by atoms with van der Waals surface area (Å²) in [5.74, 6) is -1.45. The number of nitrogens with one attached hydrogen (secondary N) is 1. The van der Waals surface area contributed by atoms with Gasteiger partial charge < -0.3 is 0 Å². The minimum absolute atomic E-state index is 0.333. The quantitative estimate of drug-likeness (QED) is 0.718. The maximum Gasteiger partial charge on any atom is 0.330 e. The van der Waals surface area contributed by atoms with E-state index in [2.05, 4.69) is 5.32 Å². The number of imide groups is 2. The standard InChI is InChI=1S/C12H20N2O3/c1-3-5-7-9-10(15)13-12(17)14(11(9)16)8-6-4-2/h9H,3-8H2,1-2H3,(H,13,15,17). The van der Waals surface area contributed by atoms with Crippen LogP contribution in [0, 0.1) is 5.92 Å². The predicted octanol–water partition coefficient (Wildman–Crippen LogP) is 1.67. The van der Waals surface area contributed by atoms with Gasteiger partial charge in [0, 0.05) is 6.54 Å². The third kappa shape index (κ3) is 3.28. The van der Waals surface area contributed by atoms with Gasteiger partial charge in [-0.15, -0.1) is 0 Å². The molecule has 0 aliphatic carbocycles. The Balaban J connectivity index is 2.69. The van der Waals surface area contributed by atoms with Crippen molar-refractivity contribution in [3.05, 3.63) is 0 Å². The van der Waals surface area contributed by atoms with Crippen LogP contribution in [-0.2, 0) is 9.59 Å². The molecular weight excluding hydrogens is 220 g/mol. The Kier molecular flexibility index (Phi) is 5.12. The third-order valence-corrected chi connectivity index (χ3v) is 2.94. The van der Waals surface area contributed by atoms with Crippen LogP contribution in [-0.4, -0.2) is 29.3 Å². The molecule has 1 aliphatic rings. The van der Waals surface area contributed by atoms with Gasteiger partial charge >= 0.3 is 6.03 Å². The van der Waals surface area contributed by atoms with Gasteiger partial charge in [0.05, 0.1) is 0 Å². The van der Waals surface area contributed by atoms with Gasteiger partial charge in [0.2, 0.25) is 11.8 Å². The summed E-state index contributed by atoms with van der Waals surface area (Å²) >= 11 is 0. The van der Waals surface area contributed by atoms with Crippen molar-refractivity contribution in [3.63, 3.8) is 0 Å². The first-order valence-corrected chi connectivity index (χ1v) is 6.28. The number of carbonyl (C=O) groups excluding carboxylic acids is 3. The topological polar surface area (TPSA) is 66.5 Å². The number of rotatable bonds is 6. The van der Waals surface area contributed by atoms with Crippen LogP contribution in [0.25, 0.3) is 0 Å². The lowest BCUT2D eigenvalue weighted by atomic mass is 9.98. The molecule has 1 N–H and O–H groups in total. The molecule has 0 spiro atoms. The number of urea groups is 1. The zero-order valence-electron chi connectivity index (χ0n) is 10.5. The van der Waals surface area contributed by atoms with E-state index in [1.165, 1.54) is 4.90 Å². The molecular formula is C12H20N2O3. The van der Waals surface area contributed by atoms with E-state index in [1.807, 2.05) is 13.8 Å². The fourth-order valence-electron chi connectivity index (χ4n) is 1.85. The van der Waals surface area contributed by atoms with Gasteiger partial charge in [0.1, 0.15) is 5.92 Å². The van der Waals surface area contributed by atoms with Crippen LogP contribution in [0.2, 0.25) is 0 Å². The monoisotopic (exact) mass is 240 g/mol. The van der Waals surface area contributed by atoms with E-state index in [0.717, 1.165) is 25.7 Å². The number of barbiturate groups is 1. The molecule has 1 aliphatic heterocycles. The summed E-state index contributed by atoms with van der Waals surface area (Å²) in [6.07, 6.45) is 3.95. The Morgan fingerprint density at radius 1 is 1.12 bits per heavy atom. The van der Waals surface area contributed by atoms with Gasteiger partial charge in [0.15, 0.2) is 0 Å². The van der Waals surface area contributed by atoms with E-state index in [4.69, 9.17) is 0 Å². The minimum Gasteiger partial charge on any atom is -0.277 e. The summed E-state index contributed by atoms with van der Waals surface area (Å²) in [6, 6.07) is -0.568. The summed E-state index contributed by atoms with van der Waals surface area (Å²) in [7, 11) is 0. The summed E-state index contributed by atoms with van der Waals surface area (Å²) in [5.41, 5.74) is 0. The first kappa shape index (κ1) is 13.7. The Morgan fingerprint density at radius 3 is 2.35 bits per heavy atom. The highest BCUT2D eigenvalue weighted by molar-refractivity contribution is 6.16. The van der Waals surface area contributed by atoms with Crippen molar-refractivity contribution in [3.8, 4) is 0 Å². The molecule has 5 heteroatoms. The largest absolute Gasteiger partial charge is 0.330 e. The second kappa shape index (κ2) is 6.37. The first-order valence-electron chi connectivity index (χ1n) is 6.28. The summed E-state index contributed by atoms with van der Waals surface area (Å²) in [6.45, 7) is 4.40. The second-order valence-electron chi connectivity index (χ2n) is 4.33. The molecule has 0 saturated carbocycles. The fraction of sp³-hybridized carbons (Fsp3) is 0.750. The maximum absolute atomic E-state index is 12.0. The van der Waals surface area contributed by atoms with Gasteiger partial charge in [-0.25, -0.2) is 4.79 Å². The van der Waals surface area contributed by atoms with E-state index >= 15 is 0 Å². The molecule has 0 aromatic heterocycles. The van der Waals surface area contributed by atoms with Crippen LogP contribution < -0.4 is 5.32 Å². The number of hydrogen-bond donors (Lipinski definition) is 1. The SMILES string of the molecule is CCCCC1C(=O)NC(=O)N(CCCC)C1=O. The van der Waals surface area contributed by atoms with Crippen molar-refractivity contribution in [1.82, 2.24) is 10.2 Å². The molecule has 1 heterocycles. The maximum atomic E-state index is 12.0. The van der Waals surface area contributed by atoms with Crippen molar-refractivity contribution < 1.29 is 14.4 Å². The number of carbonyl (C=O) groups is 3. The van der Waals surface area contributed by atoms with E-state index in [9.17, 15) is 14.4 Å². The van der Waals surface area contributed by atoms with E-state index in [0.29, 0.717) is 13.0 Å². The highest BCUT2D eigenvalue weighted by Crippen LogP contribution is 2.17. The number of nitrogens with zero attached hydrogens (tertiary/aromatic N) is 1. The van der Waals surface area contributed by atoms with Crippen molar-refractivity contribution in [2.24, 2.45) is 5.92 Å². The van der Waals surface area contributed by atoms with Crippen molar-refractivity contribution >= 4 is 17.8 Å². The molecule has 0 aromatic rings. The van der Waals surface area contributed by atoms with E-state index in [-0.39, 0.29) is 5.91 Å². The highest BCUT2D eigenvalue weighted by atomic mass is 16.2. The molecule has 1 fully saturated rings. The Labute approximate surface area is 102 Å². The van der Waals surface area contributed by atoms with Crippen molar-refractivity contribution in [2.75, 3.05) is 6.54 Å². The molecule has 1 saturated heterocycles.